The zero-order valence-corrected chi connectivity index (χ0v) is 14.4. The first kappa shape index (κ1) is 16.7. The molecule has 0 bridgehead atoms. The number of hydrogen-bond acceptors (Lipinski definition) is 3. The fourth-order valence-electron chi connectivity index (χ4n) is 4.13. The first-order valence-corrected chi connectivity index (χ1v) is 8.68. The maximum atomic E-state index is 11.7. The Bertz CT molecular complexity index is 953. The van der Waals surface area contributed by atoms with E-state index in [2.05, 4.69) is 5.32 Å². The van der Waals surface area contributed by atoms with Crippen molar-refractivity contribution in [3.8, 4) is 0 Å². The van der Waals surface area contributed by atoms with E-state index in [1.807, 2.05) is 18.2 Å². The summed E-state index contributed by atoms with van der Waals surface area (Å²) in [6, 6.07) is 9.72. The molecule has 0 aromatic heterocycles. The van der Waals surface area contributed by atoms with Crippen molar-refractivity contribution in [2.45, 2.75) is 18.4 Å². The van der Waals surface area contributed by atoms with Gasteiger partial charge in [-0.3, -0.25) is 0 Å². The molecule has 6 heteroatoms. The van der Waals surface area contributed by atoms with E-state index in [9.17, 15) is 19.8 Å². The molecule has 26 heavy (non-hydrogen) atoms. The monoisotopic (exact) mass is 369 g/mol. The predicted octanol–water partition coefficient (Wildman–Crippen LogP) is 4.56. The highest BCUT2D eigenvalue weighted by molar-refractivity contribution is 6.33. The Morgan fingerprint density at radius 3 is 2.50 bits per heavy atom. The Labute approximate surface area is 154 Å². The summed E-state index contributed by atoms with van der Waals surface area (Å²) in [4.78, 5) is 23.4. The summed E-state index contributed by atoms with van der Waals surface area (Å²) in [5.41, 5.74) is 2.39. The summed E-state index contributed by atoms with van der Waals surface area (Å²) in [5, 5.41) is 22.9. The van der Waals surface area contributed by atoms with Gasteiger partial charge in [0.05, 0.1) is 27.9 Å². The lowest BCUT2D eigenvalue weighted by Crippen LogP contribution is -2.31. The Balaban J connectivity index is 1.90. The van der Waals surface area contributed by atoms with Gasteiger partial charge in [0.2, 0.25) is 0 Å². The highest BCUT2D eigenvalue weighted by atomic mass is 35.5. The van der Waals surface area contributed by atoms with E-state index in [-0.39, 0.29) is 29.0 Å². The van der Waals surface area contributed by atoms with E-state index in [0.29, 0.717) is 21.8 Å². The highest BCUT2D eigenvalue weighted by Crippen LogP contribution is 2.53. The van der Waals surface area contributed by atoms with Crippen molar-refractivity contribution in [2.75, 3.05) is 5.32 Å². The number of allylic oxidation sites excluding steroid dienone is 2. The van der Waals surface area contributed by atoms with Gasteiger partial charge in [-0.1, -0.05) is 42.0 Å². The third kappa shape index (κ3) is 2.47. The SMILES string of the molecule is O=C(O)c1ccccc1[C@@H]1Nc2c(Cl)ccc(C(=O)O)c2[C@@H]2C=CC[C@H]21. The summed E-state index contributed by atoms with van der Waals surface area (Å²) in [6.07, 6.45) is 4.76. The van der Waals surface area contributed by atoms with Crippen molar-refractivity contribution in [1.29, 1.82) is 0 Å². The molecule has 1 aliphatic heterocycles. The number of anilines is 1. The number of fused-ring (bicyclic) bond motifs is 3. The second kappa shape index (κ2) is 6.18. The maximum absolute atomic E-state index is 11.7. The highest BCUT2D eigenvalue weighted by Gasteiger charge is 2.41. The number of halogens is 1. The van der Waals surface area contributed by atoms with Crippen molar-refractivity contribution < 1.29 is 19.8 Å². The van der Waals surface area contributed by atoms with Crippen LogP contribution in [0, 0.1) is 5.92 Å². The average Bonchev–Trinajstić information content (AvgIpc) is 3.11. The molecule has 0 radical (unpaired) electrons. The molecule has 5 nitrogen and oxygen atoms in total. The van der Waals surface area contributed by atoms with Gasteiger partial charge >= 0.3 is 11.9 Å². The number of rotatable bonds is 3. The largest absolute Gasteiger partial charge is 0.478 e. The zero-order valence-electron chi connectivity index (χ0n) is 13.6. The van der Waals surface area contributed by atoms with Crippen LogP contribution in [0.1, 0.15) is 50.2 Å². The topological polar surface area (TPSA) is 86.6 Å². The molecule has 4 rings (SSSR count). The number of benzene rings is 2. The van der Waals surface area contributed by atoms with Crippen LogP contribution in [0.5, 0.6) is 0 Å². The lowest BCUT2D eigenvalue weighted by Gasteiger charge is -2.39. The van der Waals surface area contributed by atoms with Crippen molar-refractivity contribution in [3.05, 3.63) is 75.8 Å². The maximum Gasteiger partial charge on any atom is 0.336 e. The van der Waals surface area contributed by atoms with E-state index in [4.69, 9.17) is 11.6 Å². The minimum Gasteiger partial charge on any atom is -0.478 e. The normalized spacial score (nSPS) is 23.0. The molecule has 2 aromatic rings. The van der Waals surface area contributed by atoms with Crippen molar-refractivity contribution >= 4 is 29.2 Å². The predicted molar refractivity (Wildman–Crippen MR) is 98.2 cm³/mol. The molecule has 0 fully saturated rings. The third-order valence-corrected chi connectivity index (χ3v) is 5.54. The lowest BCUT2D eigenvalue weighted by atomic mass is 9.74. The van der Waals surface area contributed by atoms with Crippen LogP contribution in [-0.2, 0) is 0 Å². The Morgan fingerprint density at radius 2 is 1.77 bits per heavy atom. The average molecular weight is 370 g/mol. The standard InChI is InChI=1S/C20H16ClNO4/c21-15-9-8-14(20(25)26)16-10-6-3-7-11(10)17(22-18(15)16)12-4-1-2-5-13(12)19(23)24/h1-6,8-11,17,22H,7H2,(H,23,24)(H,25,26)/t10-,11-,17-/m1/s1. The molecular weight excluding hydrogens is 354 g/mol. The van der Waals surface area contributed by atoms with Crippen LogP contribution >= 0.6 is 11.6 Å². The molecule has 3 atom stereocenters. The van der Waals surface area contributed by atoms with E-state index in [0.717, 1.165) is 6.42 Å². The minimum atomic E-state index is -0.997. The van der Waals surface area contributed by atoms with Gasteiger partial charge in [0.25, 0.3) is 0 Å². The minimum absolute atomic E-state index is 0.0274. The molecule has 1 aliphatic carbocycles. The van der Waals surface area contributed by atoms with Gasteiger partial charge in [0.1, 0.15) is 0 Å². The van der Waals surface area contributed by atoms with E-state index in [1.165, 1.54) is 6.07 Å². The van der Waals surface area contributed by atoms with Crippen LogP contribution in [0.4, 0.5) is 5.69 Å². The second-order valence-corrected chi connectivity index (χ2v) is 6.96. The lowest BCUT2D eigenvalue weighted by molar-refractivity contribution is 0.0685. The van der Waals surface area contributed by atoms with Gasteiger partial charge in [-0.2, -0.15) is 0 Å². The molecule has 3 N–H and O–H groups in total. The zero-order chi connectivity index (χ0) is 18.4. The van der Waals surface area contributed by atoms with Gasteiger partial charge in [-0.05, 0) is 41.7 Å². The Hall–Kier alpha value is -2.79. The van der Waals surface area contributed by atoms with Crippen LogP contribution in [0.3, 0.4) is 0 Å². The molecule has 0 saturated carbocycles. The summed E-state index contributed by atoms with van der Waals surface area (Å²) in [5.74, 6) is -2.08. The van der Waals surface area contributed by atoms with Crippen LogP contribution in [0.2, 0.25) is 5.02 Å². The van der Waals surface area contributed by atoms with Crippen LogP contribution < -0.4 is 5.32 Å². The van der Waals surface area contributed by atoms with Crippen LogP contribution in [0.15, 0.2) is 48.6 Å². The molecule has 0 spiro atoms. The summed E-state index contributed by atoms with van der Waals surface area (Å²) in [6.45, 7) is 0. The van der Waals surface area contributed by atoms with Crippen molar-refractivity contribution in [2.24, 2.45) is 5.92 Å². The van der Waals surface area contributed by atoms with Gasteiger partial charge in [-0.25, -0.2) is 9.59 Å². The van der Waals surface area contributed by atoms with Crippen molar-refractivity contribution in [1.82, 2.24) is 0 Å². The third-order valence-electron chi connectivity index (χ3n) is 5.23. The fraction of sp³-hybridized carbons (Fsp3) is 0.200. The number of hydrogen-bond donors (Lipinski definition) is 3. The molecule has 1 heterocycles. The number of carboxylic acid groups (broad SMARTS) is 2. The summed E-state index contributed by atoms with van der Waals surface area (Å²) >= 11 is 6.37. The Kier molecular flexibility index (Phi) is 3.96. The molecule has 0 unspecified atom stereocenters. The van der Waals surface area contributed by atoms with E-state index in [1.54, 1.807) is 24.3 Å². The summed E-state index contributed by atoms with van der Waals surface area (Å²) in [7, 11) is 0. The summed E-state index contributed by atoms with van der Waals surface area (Å²) < 4.78 is 0. The molecule has 2 aromatic carbocycles. The van der Waals surface area contributed by atoms with Crippen molar-refractivity contribution in [3.63, 3.8) is 0 Å². The first-order valence-electron chi connectivity index (χ1n) is 8.30. The van der Waals surface area contributed by atoms with Gasteiger partial charge < -0.3 is 15.5 Å². The van der Waals surface area contributed by atoms with Gasteiger partial charge in [0.15, 0.2) is 0 Å². The second-order valence-electron chi connectivity index (χ2n) is 6.56. The van der Waals surface area contributed by atoms with Gasteiger partial charge in [-0.15, -0.1) is 0 Å². The smallest absolute Gasteiger partial charge is 0.336 e. The number of carbonyl (C=O) groups is 2. The Morgan fingerprint density at radius 1 is 1.04 bits per heavy atom. The quantitative estimate of drug-likeness (QED) is 0.690. The molecule has 0 saturated heterocycles. The first-order chi connectivity index (χ1) is 12.5. The molecule has 132 valence electrons. The van der Waals surface area contributed by atoms with E-state index < -0.39 is 11.9 Å². The van der Waals surface area contributed by atoms with E-state index >= 15 is 0 Å². The van der Waals surface area contributed by atoms with Gasteiger partial charge in [0, 0.05) is 5.92 Å². The molecule has 0 amide bonds. The number of aromatic carboxylic acids is 2. The van der Waals surface area contributed by atoms with Crippen LogP contribution in [0.25, 0.3) is 0 Å². The number of nitrogens with one attached hydrogen (secondary N) is 1. The number of carboxylic acids is 2. The fourth-order valence-corrected chi connectivity index (χ4v) is 4.35. The van der Waals surface area contributed by atoms with Crippen LogP contribution in [-0.4, -0.2) is 22.2 Å². The molecule has 2 aliphatic rings. The molecular formula is C20H16ClNO4.